The topological polar surface area (TPSA) is 59.4 Å². The number of fused-ring (bicyclic) bond motifs is 2. The molecule has 2 fully saturated rings. The van der Waals surface area contributed by atoms with Crippen LogP contribution in [0, 0.1) is 0 Å². The number of carbonyl (C=O) groups is 1. The summed E-state index contributed by atoms with van der Waals surface area (Å²) in [6.07, 6.45) is 6.27. The van der Waals surface area contributed by atoms with Gasteiger partial charge in [0.15, 0.2) is 11.4 Å². The zero-order valence-electron chi connectivity index (χ0n) is 15.4. The van der Waals surface area contributed by atoms with E-state index >= 15 is 0 Å². The zero-order valence-corrected chi connectivity index (χ0v) is 15.4. The molecule has 4 rings (SSSR count). The van der Waals surface area contributed by atoms with Crippen molar-refractivity contribution < 1.29 is 9.53 Å². The largest absolute Gasteiger partial charge is 0.490 e. The number of carbonyl (C=O) groups excluding carboxylic acids is 1. The fourth-order valence-electron chi connectivity index (χ4n) is 4.16. The molecule has 26 heavy (non-hydrogen) atoms. The van der Waals surface area contributed by atoms with Crippen molar-refractivity contribution in [3.05, 3.63) is 42.2 Å². The van der Waals surface area contributed by atoms with Crippen molar-refractivity contribution in [3.63, 3.8) is 0 Å². The van der Waals surface area contributed by atoms with Crippen LogP contribution in [0.25, 0.3) is 5.69 Å². The average Bonchev–Trinajstić information content (AvgIpc) is 3.24. The van der Waals surface area contributed by atoms with Gasteiger partial charge in [0.1, 0.15) is 0 Å². The summed E-state index contributed by atoms with van der Waals surface area (Å²) in [5.41, 5.74) is 1.30. The third-order valence-corrected chi connectivity index (χ3v) is 5.52. The van der Waals surface area contributed by atoms with Crippen LogP contribution >= 0.6 is 0 Å². The van der Waals surface area contributed by atoms with Crippen molar-refractivity contribution >= 4 is 5.91 Å². The summed E-state index contributed by atoms with van der Waals surface area (Å²) in [5.74, 6) is 0.486. The fraction of sp³-hybridized carbons (Fsp3) is 0.500. The first-order valence-electron chi connectivity index (χ1n) is 9.46. The van der Waals surface area contributed by atoms with Gasteiger partial charge in [-0.15, -0.1) is 0 Å². The highest BCUT2D eigenvalue weighted by Gasteiger charge is 2.37. The second-order valence-electron chi connectivity index (χ2n) is 7.23. The summed E-state index contributed by atoms with van der Waals surface area (Å²) in [4.78, 5) is 15.0. The molecular weight excluding hydrogens is 328 g/mol. The lowest BCUT2D eigenvalue weighted by molar-refractivity contribution is 0.0671. The highest BCUT2D eigenvalue weighted by molar-refractivity contribution is 5.95. The number of piperidine rings is 1. The lowest BCUT2D eigenvalue weighted by Crippen LogP contribution is -2.48. The maximum Gasteiger partial charge on any atom is 0.278 e. The fourth-order valence-corrected chi connectivity index (χ4v) is 4.16. The van der Waals surface area contributed by atoms with Gasteiger partial charge in [-0.05, 0) is 44.7 Å². The van der Waals surface area contributed by atoms with Crippen molar-refractivity contribution in [2.75, 3.05) is 13.7 Å². The monoisotopic (exact) mass is 354 g/mol. The molecular formula is C20H26N4O2. The van der Waals surface area contributed by atoms with Gasteiger partial charge < -0.3 is 15.0 Å². The highest BCUT2D eigenvalue weighted by atomic mass is 16.5. The van der Waals surface area contributed by atoms with E-state index in [9.17, 15) is 4.79 Å². The number of ether oxygens (including phenoxy) is 1. The van der Waals surface area contributed by atoms with E-state index in [0.717, 1.165) is 18.5 Å². The second-order valence-corrected chi connectivity index (χ2v) is 7.23. The molecule has 2 unspecified atom stereocenters. The number of nitrogens with one attached hydrogen (secondary N) is 1. The first-order valence-corrected chi connectivity index (χ1v) is 9.46. The Kier molecular flexibility index (Phi) is 4.68. The molecule has 2 atom stereocenters. The van der Waals surface area contributed by atoms with E-state index in [2.05, 4.69) is 10.4 Å². The summed E-state index contributed by atoms with van der Waals surface area (Å²) >= 11 is 0. The maximum absolute atomic E-state index is 13.2. The molecule has 2 bridgehead atoms. The van der Waals surface area contributed by atoms with Crippen LogP contribution < -0.4 is 10.1 Å². The Morgan fingerprint density at radius 3 is 2.62 bits per heavy atom. The number of aromatic nitrogens is 2. The number of amides is 1. The van der Waals surface area contributed by atoms with Crippen LogP contribution in [-0.2, 0) is 0 Å². The molecule has 1 aromatic heterocycles. The molecule has 1 aromatic carbocycles. The first kappa shape index (κ1) is 17.1. The molecule has 0 saturated carbocycles. The van der Waals surface area contributed by atoms with E-state index in [-0.39, 0.29) is 11.9 Å². The van der Waals surface area contributed by atoms with Gasteiger partial charge >= 0.3 is 0 Å². The number of para-hydroxylation sites is 1. The third kappa shape index (κ3) is 3.21. The van der Waals surface area contributed by atoms with E-state index in [1.165, 1.54) is 12.8 Å². The maximum atomic E-state index is 13.2. The Balaban J connectivity index is 1.59. The number of hydrogen-bond acceptors (Lipinski definition) is 4. The molecule has 1 N–H and O–H groups in total. The molecule has 0 radical (unpaired) electrons. The summed E-state index contributed by atoms with van der Waals surface area (Å²) in [5, 5.41) is 8.18. The number of hydrogen-bond donors (Lipinski definition) is 1. The van der Waals surface area contributed by atoms with E-state index in [0.29, 0.717) is 30.1 Å². The summed E-state index contributed by atoms with van der Waals surface area (Å²) in [6, 6.07) is 11.1. The average molecular weight is 354 g/mol. The molecule has 0 aliphatic carbocycles. The predicted octanol–water partition coefficient (Wildman–Crippen LogP) is 2.63. The van der Waals surface area contributed by atoms with E-state index in [1.807, 2.05) is 49.2 Å². The molecule has 6 heteroatoms. The predicted molar refractivity (Wildman–Crippen MR) is 99.8 cm³/mol. The Labute approximate surface area is 154 Å². The Morgan fingerprint density at radius 2 is 1.96 bits per heavy atom. The molecule has 6 nitrogen and oxygen atoms in total. The number of benzene rings is 1. The standard InChI is InChI=1S/C20H26N4O2/c1-3-26-18-13-24(16-7-5-4-6-8-16)22-19(18)20(25)23(2)17-11-14-9-10-15(12-17)21-14/h4-8,13-15,17,21H,3,9-12H2,1-2H3. The van der Waals surface area contributed by atoms with Crippen LogP contribution in [0.2, 0.25) is 0 Å². The number of rotatable bonds is 5. The summed E-state index contributed by atoms with van der Waals surface area (Å²) in [6.45, 7) is 2.42. The van der Waals surface area contributed by atoms with E-state index in [1.54, 1.807) is 10.9 Å². The van der Waals surface area contributed by atoms with Crippen molar-refractivity contribution in [2.45, 2.75) is 50.7 Å². The van der Waals surface area contributed by atoms with Crippen molar-refractivity contribution in [1.82, 2.24) is 20.0 Å². The van der Waals surface area contributed by atoms with Gasteiger partial charge in [0.2, 0.25) is 0 Å². The zero-order chi connectivity index (χ0) is 18.1. The minimum atomic E-state index is -0.0607. The Bertz CT molecular complexity index is 761. The minimum Gasteiger partial charge on any atom is -0.490 e. The molecule has 2 saturated heterocycles. The highest BCUT2D eigenvalue weighted by Crippen LogP contribution is 2.31. The molecule has 1 amide bonds. The quantitative estimate of drug-likeness (QED) is 0.897. The van der Waals surface area contributed by atoms with Gasteiger partial charge in [-0.1, -0.05) is 18.2 Å². The molecule has 2 aliphatic rings. The van der Waals surface area contributed by atoms with Gasteiger partial charge in [0, 0.05) is 25.2 Å². The smallest absolute Gasteiger partial charge is 0.278 e. The van der Waals surface area contributed by atoms with E-state index < -0.39 is 0 Å². The number of nitrogens with zero attached hydrogens (tertiary/aromatic N) is 3. The molecule has 3 heterocycles. The van der Waals surface area contributed by atoms with Crippen LogP contribution in [-0.4, -0.2) is 52.4 Å². The summed E-state index contributed by atoms with van der Waals surface area (Å²) < 4.78 is 7.43. The molecule has 2 aliphatic heterocycles. The summed E-state index contributed by atoms with van der Waals surface area (Å²) in [7, 11) is 1.90. The van der Waals surface area contributed by atoms with Gasteiger partial charge in [-0.25, -0.2) is 4.68 Å². The van der Waals surface area contributed by atoms with Gasteiger partial charge in [-0.3, -0.25) is 4.79 Å². The van der Waals surface area contributed by atoms with Crippen molar-refractivity contribution in [3.8, 4) is 11.4 Å². The van der Waals surface area contributed by atoms with E-state index in [4.69, 9.17) is 4.74 Å². The van der Waals surface area contributed by atoms with Gasteiger partial charge in [-0.2, -0.15) is 5.10 Å². The SMILES string of the molecule is CCOc1cn(-c2ccccc2)nc1C(=O)N(C)C1CC2CCC(C1)N2. The third-order valence-electron chi connectivity index (χ3n) is 5.52. The van der Waals surface area contributed by atoms with Crippen molar-refractivity contribution in [2.24, 2.45) is 0 Å². The van der Waals surface area contributed by atoms with Gasteiger partial charge in [0.25, 0.3) is 5.91 Å². The normalized spacial score (nSPS) is 24.5. The Hall–Kier alpha value is -2.34. The Morgan fingerprint density at radius 1 is 1.27 bits per heavy atom. The van der Waals surface area contributed by atoms with Gasteiger partial charge in [0.05, 0.1) is 18.5 Å². The lowest BCUT2D eigenvalue weighted by Gasteiger charge is -2.35. The van der Waals surface area contributed by atoms with Crippen LogP contribution in [0.3, 0.4) is 0 Å². The second kappa shape index (κ2) is 7.11. The molecule has 2 aromatic rings. The van der Waals surface area contributed by atoms with Crippen molar-refractivity contribution in [1.29, 1.82) is 0 Å². The first-order chi connectivity index (χ1) is 12.7. The lowest BCUT2D eigenvalue weighted by atomic mass is 9.98. The van der Waals surface area contributed by atoms with Crippen LogP contribution in [0.5, 0.6) is 5.75 Å². The van der Waals surface area contributed by atoms with Crippen LogP contribution in [0.4, 0.5) is 0 Å². The van der Waals surface area contributed by atoms with Crippen LogP contribution in [0.15, 0.2) is 36.5 Å². The van der Waals surface area contributed by atoms with Crippen LogP contribution in [0.1, 0.15) is 43.1 Å². The minimum absolute atomic E-state index is 0.0607. The molecule has 138 valence electrons. The molecule has 0 spiro atoms.